The average molecular weight is 249 g/mol. The van der Waals surface area contributed by atoms with Crippen molar-refractivity contribution in [2.45, 2.75) is 6.42 Å². The van der Waals surface area contributed by atoms with Gasteiger partial charge >= 0.3 is 0 Å². The van der Waals surface area contributed by atoms with Crippen molar-refractivity contribution in [2.75, 3.05) is 19.0 Å². The molecule has 1 heterocycles. The van der Waals surface area contributed by atoms with Gasteiger partial charge in [0.1, 0.15) is 11.6 Å². The zero-order valence-corrected chi connectivity index (χ0v) is 10.5. The lowest BCUT2D eigenvalue weighted by Gasteiger charge is -2.11. The number of aromatic nitrogens is 2. The number of benzene rings is 1. The third-order valence-corrected chi connectivity index (χ3v) is 2.78. The molecular formula is C13H16FN3O. The highest BCUT2D eigenvalue weighted by Gasteiger charge is 2.04. The van der Waals surface area contributed by atoms with E-state index in [2.05, 4.69) is 10.4 Å². The van der Waals surface area contributed by atoms with Gasteiger partial charge in [0.05, 0.1) is 12.8 Å². The van der Waals surface area contributed by atoms with Crippen molar-refractivity contribution in [1.29, 1.82) is 0 Å². The highest BCUT2D eigenvalue weighted by Crippen LogP contribution is 2.24. The van der Waals surface area contributed by atoms with E-state index in [4.69, 9.17) is 4.74 Å². The Balaban J connectivity index is 1.96. The number of methoxy groups -OCH3 is 1. The number of halogens is 1. The minimum Gasteiger partial charge on any atom is -0.494 e. The summed E-state index contributed by atoms with van der Waals surface area (Å²) in [5.41, 5.74) is 1.93. The number of aryl methyl sites for hydroxylation is 1. The SMILES string of the molecule is COc1cc(F)ccc1NCCc1ccnn1C. The van der Waals surface area contributed by atoms with E-state index in [1.165, 1.54) is 19.2 Å². The molecule has 18 heavy (non-hydrogen) atoms. The summed E-state index contributed by atoms with van der Waals surface area (Å²) in [4.78, 5) is 0. The van der Waals surface area contributed by atoms with Gasteiger partial charge in [-0.25, -0.2) is 4.39 Å². The molecule has 0 aliphatic carbocycles. The first-order valence-corrected chi connectivity index (χ1v) is 5.75. The fraction of sp³-hybridized carbons (Fsp3) is 0.308. The molecule has 0 saturated heterocycles. The molecule has 1 N–H and O–H groups in total. The lowest BCUT2D eigenvalue weighted by atomic mass is 10.2. The Kier molecular flexibility index (Phi) is 3.82. The summed E-state index contributed by atoms with van der Waals surface area (Å²) in [6.07, 6.45) is 2.62. The molecule has 0 aliphatic heterocycles. The van der Waals surface area contributed by atoms with Gasteiger partial charge in [0, 0.05) is 38.0 Å². The maximum Gasteiger partial charge on any atom is 0.144 e. The smallest absolute Gasteiger partial charge is 0.144 e. The van der Waals surface area contributed by atoms with Gasteiger partial charge in [0.15, 0.2) is 0 Å². The molecule has 0 atom stereocenters. The molecule has 2 rings (SSSR count). The van der Waals surface area contributed by atoms with Gasteiger partial charge < -0.3 is 10.1 Å². The van der Waals surface area contributed by atoms with Gasteiger partial charge in [-0.15, -0.1) is 0 Å². The minimum atomic E-state index is -0.302. The van der Waals surface area contributed by atoms with Crippen LogP contribution >= 0.6 is 0 Å². The van der Waals surface area contributed by atoms with Gasteiger partial charge in [-0.3, -0.25) is 4.68 Å². The number of anilines is 1. The van der Waals surface area contributed by atoms with Crippen LogP contribution in [0.15, 0.2) is 30.5 Å². The van der Waals surface area contributed by atoms with Gasteiger partial charge in [-0.2, -0.15) is 5.10 Å². The van der Waals surface area contributed by atoms with Crippen LogP contribution in [-0.4, -0.2) is 23.4 Å². The second kappa shape index (κ2) is 5.53. The largest absolute Gasteiger partial charge is 0.494 e. The molecule has 0 saturated carbocycles. The van der Waals surface area contributed by atoms with E-state index in [0.717, 1.165) is 24.3 Å². The van der Waals surface area contributed by atoms with E-state index >= 15 is 0 Å². The van der Waals surface area contributed by atoms with Crippen LogP contribution in [0.25, 0.3) is 0 Å². The number of hydrogen-bond donors (Lipinski definition) is 1. The van der Waals surface area contributed by atoms with Crippen molar-refractivity contribution in [2.24, 2.45) is 7.05 Å². The Morgan fingerprint density at radius 1 is 1.39 bits per heavy atom. The van der Waals surface area contributed by atoms with Crippen LogP contribution in [0.2, 0.25) is 0 Å². The Labute approximate surface area is 105 Å². The number of hydrogen-bond acceptors (Lipinski definition) is 3. The Hall–Kier alpha value is -2.04. The second-order valence-corrected chi connectivity index (χ2v) is 3.97. The molecule has 2 aromatic rings. The zero-order chi connectivity index (χ0) is 13.0. The predicted octanol–water partition coefficient (Wildman–Crippen LogP) is 2.22. The maximum absolute atomic E-state index is 13.0. The molecule has 0 fully saturated rings. The normalized spacial score (nSPS) is 10.4. The molecule has 0 bridgehead atoms. The molecule has 0 unspecified atom stereocenters. The Bertz CT molecular complexity index is 525. The predicted molar refractivity (Wildman–Crippen MR) is 68.4 cm³/mol. The molecule has 5 heteroatoms. The number of rotatable bonds is 5. The first-order valence-electron chi connectivity index (χ1n) is 5.75. The van der Waals surface area contributed by atoms with Crippen molar-refractivity contribution >= 4 is 5.69 Å². The quantitative estimate of drug-likeness (QED) is 0.883. The number of nitrogens with zero attached hydrogens (tertiary/aromatic N) is 2. The van der Waals surface area contributed by atoms with Crippen LogP contribution in [0, 0.1) is 5.82 Å². The molecule has 1 aromatic carbocycles. The fourth-order valence-electron chi connectivity index (χ4n) is 1.78. The van der Waals surface area contributed by atoms with Crippen molar-refractivity contribution < 1.29 is 9.13 Å². The minimum absolute atomic E-state index is 0.302. The van der Waals surface area contributed by atoms with E-state index in [1.54, 1.807) is 12.3 Å². The molecule has 96 valence electrons. The van der Waals surface area contributed by atoms with E-state index in [1.807, 2.05) is 17.8 Å². The highest BCUT2D eigenvalue weighted by atomic mass is 19.1. The van der Waals surface area contributed by atoms with Crippen molar-refractivity contribution in [3.05, 3.63) is 42.0 Å². The molecular weight excluding hydrogens is 233 g/mol. The standard InChI is InChI=1S/C13H16FN3O/c1-17-11(6-8-16-17)5-7-15-12-4-3-10(14)9-13(12)18-2/h3-4,6,8-9,15H,5,7H2,1-2H3. The molecule has 1 aromatic heterocycles. The third kappa shape index (κ3) is 2.80. The monoisotopic (exact) mass is 249 g/mol. The summed E-state index contributed by atoms with van der Waals surface area (Å²) in [5.74, 6) is 0.212. The lowest BCUT2D eigenvalue weighted by molar-refractivity contribution is 0.413. The first-order chi connectivity index (χ1) is 8.70. The summed E-state index contributed by atoms with van der Waals surface area (Å²) < 4.78 is 20.0. The Morgan fingerprint density at radius 2 is 2.22 bits per heavy atom. The Morgan fingerprint density at radius 3 is 2.89 bits per heavy atom. The molecule has 0 spiro atoms. The molecule has 0 radical (unpaired) electrons. The maximum atomic E-state index is 13.0. The van der Waals surface area contributed by atoms with Gasteiger partial charge in [-0.05, 0) is 18.2 Å². The molecule has 0 amide bonds. The van der Waals surface area contributed by atoms with Crippen LogP contribution in [0.4, 0.5) is 10.1 Å². The lowest BCUT2D eigenvalue weighted by Crippen LogP contribution is -2.09. The first kappa shape index (κ1) is 12.4. The van der Waals surface area contributed by atoms with Gasteiger partial charge in [-0.1, -0.05) is 0 Å². The fourth-order valence-corrected chi connectivity index (χ4v) is 1.78. The van der Waals surface area contributed by atoms with Crippen molar-refractivity contribution in [1.82, 2.24) is 9.78 Å². The van der Waals surface area contributed by atoms with Crippen LogP contribution in [0.1, 0.15) is 5.69 Å². The van der Waals surface area contributed by atoms with Crippen molar-refractivity contribution in [3.63, 3.8) is 0 Å². The number of ether oxygens (including phenoxy) is 1. The van der Waals surface area contributed by atoms with Crippen LogP contribution in [0.3, 0.4) is 0 Å². The van der Waals surface area contributed by atoms with Crippen LogP contribution in [-0.2, 0) is 13.5 Å². The van der Waals surface area contributed by atoms with E-state index in [0.29, 0.717) is 5.75 Å². The topological polar surface area (TPSA) is 39.1 Å². The average Bonchev–Trinajstić information content (AvgIpc) is 2.77. The summed E-state index contributed by atoms with van der Waals surface area (Å²) in [7, 11) is 3.44. The van der Waals surface area contributed by atoms with Crippen LogP contribution in [0.5, 0.6) is 5.75 Å². The van der Waals surface area contributed by atoms with Crippen molar-refractivity contribution in [3.8, 4) is 5.75 Å². The summed E-state index contributed by atoms with van der Waals surface area (Å²) in [6, 6.07) is 6.43. The number of nitrogens with one attached hydrogen (secondary N) is 1. The summed E-state index contributed by atoms with van der Waals surface area (Å²) >= 11 is 0. The van der Waals surface area contributed by atoms with Gasteiger partial charge in [0.25, 0.3) is 0 Å². The third-order valence-electron chi connectivity index (χ3n) is 2.78. The summed E-state index contributed by atoms with van der Waals surface area (Å²) in [5, 5.41) is 7.33. The molecule has 4 nitrogen and oxygen atoms in total. The van der Waals surface area contributed by atoms with E-state index in [9.17, 15) is 4.39 Å². The van der Waals surface area contributed by atoms with Crippen LogP contribution < -0.4 is 10.1 Å². The highest BCUT2D eigenvalue weighted by molar-refractivity contribution is 5.56. The zero-order valence-electron chi connectivity index (χ0n) is 10.5. The van der Waals surface area contributed by atoms with E-state index in [-0.39, 0.29) is 5.82 Å². The second-order valence-electron chi connectivity index (χ2n) is 3.97. The molecule has 0 aliphatic rings. The van der Waals surface area contributed by atoms with Gasteiger partial charge in [0.2, 0.25) is 0 Å². The summed E-state index contributed by atoms with van der Waals surface area (Å²) in [6.45, 7) is 0.738. The van der Waals surface area contributed by atoms with E-state index < -0.39 is 0 Å².